The van der Waals surface area contributed by atoms with Gasteiger partial charge in [0.25, 0.3) is 5.91 Å². The summed E-state index contributed by atoms with van der Waals surface area (Å²) in [6.07, 6.45) is 1.71. The number of hydrogen-bond acceptors (Lipinski definition) is 7. The summed E-state index contributed by atoms with van der Waals surface area (Å²) in [6.45, 7) is 3.82. The molecule has 0 aliphatic heterocycles. The van der Waals surface area contributed by atoms with Crippen molar-refractivity contribution in [3.8, 4) is 0 Å². The van der Waals surface area contributed by atoms with Crippen LogP contribution in [0.2, 0.25) is 0 Å². The average Bonchev–Trinajstić information content (AvgIpc) is 3.01. The van der Waals surface area contributed by atoms with Gasteiger partial charge in [0.1, 0.15) is 5.82 Å². The Labute approximate surface area is 121 Å². The van der Waals surface area contributed by atoms with Gasteiger partial charge in [0.2, 0.25) is 0 Å². The Bertz CT molecular complexity index is 597. The second kappa shape index (κ2) is 6.75. The molecule has 2 heterocycles. The molecular weight excluding hydrogens is 272 g/mol. The number of H-pyrrole nitrogens is 1. The molecule has 2 aromatic heterocycles. The van der Waals surface area contributed by atoms with Crippen molar-refractivity contribution < 1.29 is 4.79 Å². The van der Waals surface area contributed by atoms with Gasteiger partial charge in [-0.3, -0.25) is 4.79 Å². The van der Waals surface area contributed by atoms with Gasteiger partial charge in [-0.05, 0) is 25.5 Å². The number of carbonyl (C=O) groups is 1. The number of hydrogen-bond donors (Lipinski definition) is 4. The Hall–Kier alpha value is -2.55. The number of aromatic amines is 1. The lowest BCUT2D eigenvalue weighted by Crippen LogP contribution is -2.28. The highest BCUT2D eigenvalue weighted by Crippen LogP contribution is 2.13. The molecule has 0 saturated carbocycles. The first-order valence-corrected chi connectivity index (χ1v) is 6.65. The molecule has 112 valence electrons. The predicted molar refractivity (Wildman–Crippen MR) is 76.1 cm³/mol. The third kappa shape index (κ3) is 3.72. The number of nitrogen functional groups attached to an aromatic ring is 1. The molecule has 0 fully saturated rings. The van der Waals surface area contributed by atoms with Gasteiger partial charge in [0, 0.05) is 11.3 Å². The quantitative estimate of drug-likeness (QED) is 0.444. The molecule has 2 aromatic rings. The highest BCUT2D eigenvalue weighted by atomic mass is 16.1. The predicted octanol–water partition coefficient (Wildman–Crippen LogP) is 0.324. The van der Waals surface area contributed by atoms with Crippen LogP contribution in [-0.4, -0.2) is 31.5 Å². The molecular formula is C12H18N8O. The normalized spacial score (nSPS) is 12.0. The van der Waals surface area contributed by atoms with E-state index < -0.39 is 0 Å². The van der Waals surface area contributed by atoms with Crippen LogP contribution in [0.4, 0.5) is 5.82 Å². The van der Waals surface area contributed by atoms with E-state index in [1.165, 1.54) is 0 Å². The number of nitrogens with one attached hydrogen (secondary N) is 3. The largest absolute Gasteiger partial charge is 0.342 e. The number of pyridine rings is 1. The summed E-state index contributed by atoms with van der Waals surface area (Å²) in [7, 11) is 0. The van der Waals surface area contributed by atoms with Crippen LogP contribution in [0, 0.1) is 0 Å². The molecule has 0 bridgehead atoms. The number of amides is 1. The molecule has 0 spiro atoms. The molecule has 1 amide bonds. The van der Waals surface area contributed by atoms with Crippen molar-refractivity contribution in [3.63, 3.8) is 0 Å². The first-order chi connectivity index (χ1) is 10.1. The zero-order chi connectivity index (χ0) is 15.2. The minimum atomic E-state index is -0.353. The first kappa shape index (κ1) is 14.9. The van der Waals surface area contributed by atoms with Gasteiger partial charge in [0.15, 0.2) is 5.82 Å². The Morgan fingerprint density at radius 2 is 2.29 bits per heavy atom. The van der Waals surface area contributed by atoms with E-state index in [9.17, 15) is 4.79 Å². The molecule has 5 N–H and O–H groups in total. The van der Waals surface area contributed by atoms with Crippen LogP contribution in [0.15, 0.2) is 12.1 Å². The lowest BCUT2D eigenvalue weighted by molar-refractivity contribution is 0.0938. The number of nitrogens with zero attached hydrogens (tertiary/aromatic N) is 4. The van der Waals surface area contributed by atoms with Crippen molar-refractivity contribution >= 4 is 11.7 Å². The van der Waals surface area contributed by atoms with Crippen molar-refractivity contribution in [3.05, 3.63) is 29.2 Å². The zero-order valence-electron chi connectivity index (χ0n) is 11.9. The standard InChI is InChI=1S/C12H18N8O/c1-3-4-9-5-8(6-10(15-9)16-13)12(21)14-7(2)11-17-19-20-18-11/h5-7H,3-4,13H2,1-2H3,(H,14,21)(H,15,16)(H,17,18,19,20). The van der Waals surface area contributed by atoms with Gasteiger partial charge in [-0.15, -0.1) is 10.2 Å². The molecule has 0 aliphatic carbocycles. The van der Waals surface area contributed by atoms with Gasteiger partial charge in [-0.1, -0.05) is 18.6 Å². The summed E-state index contributed by atoms with van der Waals surface area (Å²) in [5.41, 5.74) is 3.76. The summed E-state index contributed by atoms with van der Waals surface area (Å²) in [5, 5.41) is 16.3. The maximum absolute atomic E-state index is 12.3. The Morgan fingerprint density at radius 3 is 2.90 bits per heavy atom. The number of aromatic nitrogens is 5. The van der Waals surface area contributed by atoms with Crippen LogP contribution in [0.5, 0.6) is 0 Å². The lowest BCUT2D eigenvalue weighted by Gasteiger charge is -2.12. The van der Waals surface area contributed by atoms with Crippen LogP contribution in [0.3, 0.4) is 0 Å². The van der Waals surface area contributed by atoms with Crippen molar-refractivity contribution in [2.24, 2.45) is 5.84 Å². The van der Waals surface area contributed by atoms with E-state index in [0.29, 0.717) is 17.2 Å². The summed E-state index contributed by atoms with van der Waals surface area (Å²) in [6, 6.07) is 2.99. The maximum atomic E-state index is 12.3. The molecule has 9 heteroatoms. The van der Waals surface area contributed by atoms with E-state index >= 15 is 0 Å². The highest BCUT2D eigenvalue weighted by Gasteiger charge is 2.16. The highest BCUT2D eigenvalue weighted by molar-refractivity contribution is 5.95. The van der Waals surface area contributed by atoms with Gasteiger partial charge >= 0.3 is 0 Å². The van der Waals surface area contributed by atoms with Crippen LogP contribution >= 0.6 is 0 Å². The Kier molecular flexibility index (Phi) is 4.77. The molecule has 21 heavy (non-hydrogen) atoms. The number of aryl methyl sites for hydroxylation is 1. The van der Waals surface area contributed by atoms with Crippen molar-refractivity contribution in [1.82, 2.24) is 30.9 Å². The SMILES string of the molecule is CCCc1cc(C(=O)NC(C)c2nn[nH]n2)cc(NN)n1. The number of anilines is 1. The van der Waals surface area contributed by atoms with E-state index in [1.807, 2.05) is 6.92 Å². The molecule has 0 aromatic carbocycles. The topological polar surface area (TPSA) is 134 Å². The fourth-order valence-electron chi connectivity index (χ4n) is 1.87. The Morgan fingerprint density at radius 1 is 1.48 bits per heavy atom. The van der Waals surface area contributed by atoms with E-state index in [2.05, 4.69) is 36.4 Å². The number of carbonyl (C=O) groups excluding carboxylic acids is 1. The van der Waals surface area contributed by atoms with Crippen LogP contribution < -0.4 is 16.6 Å². The van der Waals surface area contributed by atoms with Gasteiger partial charge in [0.05, 0.1) is 6.04 Å². The van der Waals surface area contributed by atoms with Crippen LogP contribution in [-0.2, 0) is 6.42 Å². The Balaban J connectivity index is 2.16. The third-order valence-electron chi connectivity index (χ3n) is 2.89. The van der Waals surface area contributed by atoms with Gasteiger partial charge < -0.3 is 10.7 Å². The van der Waals surface area contributed by atoms with Crippen molar-refractivity contribution in [2.45, 2.75) is 32.7 Å². The molecule has 0 saturated heterocycles. The minimum absolute atomic E-state index is 0.247. The fraction of sp³-hybridized carbons (Fsp3) is 0.417. The summed E-state index contributed by atoms with van der Waals surface area (Å²) < 4.78 is 0. The van der Waals surface area contributed by atoms with E-state index in [1.54, 1.807) is 19.1 Å². The smallest absolute Gasteiger partial charge is 0.252 e. The summed E-state index contributed by atoms with van der Waals surface area (Å²) in [5.74, 6) is 6.02. The maximum Gasteiger partial charge on any atom is 0.252 e. The molecule has 9 nitrogen and oxygen atoms in total. The summed E-state index contributed by atoms with van der Waals surface area (Å²) >= 11 is 0. The number of tetrazole rings is 1. The van der Waals surface area contributed by atoms with Crippen LogP contribution in [0.25, 0.3) is 0 Å². The third-order valence-corrected chi connectivity index (χ3v) is 2.89. The van der Waals surface area contributed by atoms with Crippen LogP contribution in [0.1, 0.15) is 48.2 Å². The number of nitrogens with two attached hydrogens (primary N) is 1. The monoisotopic (exact) mass is 290 g/mol. The van der Waals surface area contributed by atoms with Crippen molar-refractivity contribution in [2.75, 3.05) is 5.43 Å². The fourth-order valence-corrected chi connectivity index (χ4v) is 1.87. The van der Waals surface area contributed by atoms with Gasteiger partial charge in [-0.25, -0.2) is 10.8 Å². The zero-order valence-corrected chi connectivity index (χ0v) is 11.9. The number of rotatable bonds is 6. The van der Waals surface area contributed by atoms with E-state index in [4.69, 9.17) is 5.84 Å². The van der Waals surface area contributed by atoms with E-state index in [0.717, 1.165) is 18.5 Å². The van der Waals surface area contributed by atoms with Gasteiger partial charge in [-0.2, -0.15) is 5.21 Å². The van der Waals surface area contributed by atoms with E-state index in [-0.39, 0.29) is 11.9 Å². The second-order valence-corrected chi connectivity index (χ2v) is 4.59. The number of hydrazine groups is 1. The molecule has 1 atom stereocenters. The second-order valence-electron chi connectivity index (χ2n) is 4.59. The molecule has 1 unspecified atom stereocenters. The lowest BCUT2D eigenvalue weighted by atomic mass is 10.1. The molecule has 2 rings (SSSR count). The minimum Gasteiger partial charge on any atom is -0.342 e. The van der Waals surface area contributed by atoms with Crippen molar-refractivity contribution in [1.29, 1.82) is 0 Å². The average molecular weight is 290 g/mol. The summed E-state index contributed by atoms with van der Waals surface area (Å²) in [4.78, 5) is 16.6. The molecule has 0 radical (unpaired) electrons. The molecule has 0 aliphatic rings. The first-order valence-electron chi connectivity index (χ1n) is 6.65.